The Kier molecular flexibility index (Phi) is 8.24. The molecule has 1 N–H and O–H groups in total. The molecule has 0 saturated carbocycles. The molecule has 3 aliphatic rings. The number of hydrogen-bond acceptors (Lipinski definition) is 6. The van der Waals surface area contributed by atoms with Crippen molar-refractivity contribution in [3.8, 4) is 0 Å². The molecule has 36 heavy (non-hydrogen) atoms. The summed E-state index contributed by atoms with van der Waals surface area (Å²) in [6.07, 6.45) is 4.00. The number of ether oxygens (including phenoxy) is 1. The van der Waals surface area contributed by atoms with Crippen molar-refractivity contribution in [3.05, 3.63) is 54.1 Å². The summed E-state index contributed by atoms with van der Waals surface area (Å²) in [7, 11) is 0. The predicted octanol–water partition coefficient (Wildman–Crippen LogP) is 3.74. The molecule has 2 amide bonds. The van der Waals surface area contributed by atoms with Crippen molar-refractivity contribution in [2.75, 3.05) is 31.2 Å². The first-order valence-electron chi connectivity index (χ1n) is 11.9. The number of likely N-dealkylation sites (tertiary alicyclic amines) is 1. The van der Waals surface area contributed by atoms with Gasteiger partial charge in [-0.1, -0.05) is 58.4 Å². The van der Waals surface area contributed by atoms with E-state index in [0.29, 0.717) is 23.6 Å². The average Bonchev–Trinajstić information content (AvgIpc) is 3.43. The Bertz CT molecular complexity index is 1070. The molecule has 4 rings (SSSR count). The van der Waals surface area contributed by atoms with Gasteiger partial charge in [-0.3, -0.25) is 14.4 Å². The number of aliphatic hydroxyl groups excluding tert-OH is 1. The average molecular weight is 598 g/mol. The van der Waals surface area contributed by atoms with E-state index in [9.17, 15) is 19.5 Å². The number of amides is 2. The van der Waals surface area contributed by atoms with Crippen LogP contribution in [0.4, 0.5) is 5.69 Å². The molecule has 1 spiro atoms. The van der Waals surface area contributed by atoms with Crippen LogP contribution < -0.4 is 4.90 Å². The third-order valence-corrected chi connectivity index (χ3v) is 10.8. The zero-order valence-electron chi connectivity index (χ0n) is 20.1. The molecule has 1 aromatic carbocycles. The summed E-state index contributed by atoms with van der Waals surface area (Å²) in [6.45, 7) is 9.67. The molecule has 3 fully saturated rings. The van der Waals surface area contributed by atoms with E-state index < -0.39 is 28.6 Å². The number of fused-ring (bicyclic) bond motifs is 1. The minimum Gasteiger partial charge on any atom is -0.461 e. The fourth-order valence-electron chi connectivity index (χ4n) is 5.93. The Balaban J connectivity index is 1.81. The molecule has 0 aromatic heterocycles. The van der Waals surface area contributed by atoms with Gasteiger partial charge in [0.1, 0.15) is 12.6 Å². The van der Waals surface area contributed by atoms with Crippen LogP contribution >= 0.6 is 39.3 Å². The minimum absolute atomic E-state index is 0.0586. The van der Waals surface area contributed by atoms with Crippen molar-refractivity contribution >= 4 is 62.8 Å². The number of para-hydroxylation sites is 1. The summed E-state index contributed by atoms with van der Waals surface area (Å²) in [5.74, 6) is -2.33. The van der Waals surface area contributed by atoms with E-state index in [-0.39, 0.29) is 48.2 Å². The fourth-order valence-corrected chi connectivity index (χ4v) is 9.85. The van der Waals surface area contributed by atoms with Gasteiger partial charge in [-0.2, -0.15) is 0 Å². The maximum atomic E-state index is 14.4. The van der Waals surface area contributed by atoms with E-state index in [1.807, 2.05) is 19.1 Å². The normalized spacial score (nSPS) is 30.3. The minimum atomic E-state index is -0.829. The third-order valence-electron chi connectivity index (χ3n) is 7.23. The number of alkyl halides is 1. The molecular formula is C26H30BrClN2O5S. The van der Waals surface area contributed by atoms with Gasteiger partial charge in [0, 0.05) is 29.8 Å². The van der Waals surface area contributed by atoms with Crippen LogP contribution in [0.15, 0.2) is 43.5 Å². The first-order valence-corrected chi connectivity index (χ1v) is 14.1. The molecule has 7 nitrogen and oxygen atoms in total. The van der Waals surface area contributed by atoms with Gasteiger partial charge in [0.05, 0.1) is 27.3 Å². The van der Waals surface area contributed by atoms with Crippen LogP contribution in [0.1, 0.15) is 18.4 Å². The number of carbonyl (C=O) groups is 3. The van der Waals surface area contributed by atoms with E-state index in [4.69, 9.17) is 16.3 Å². The number of nitrogens with zero attached hydrogens (tertiary/aromatic N) is 2. The number of aryl methyl sites for hydroxylation is 1. The number of hydrogen-bond donors (Lipinski definition) is 1. The summed E-state index contributed by atoms with van der Waals surface area (Å²) in [6, 6.07) is 4.60. The number of anilines is 1. The van der Waals surface area contributed by atoms with Crippen molar-refractivity contribution in [2.24, 2.45) is 11.8 Å². The Morgan fingerprint density at radius 2 is 2.14 bits per heavy atom. The molecular weight excluding hydrogens is 568 g/mol. The Morgan fingerprint density at radius 1 is 1.39 bits per heavy atom. The molecule has 3 saturated heterocycles. The maximum Gasteiger partial charge on any atom is 0.311 e. The maximum absolute atomic E-state index is 14.4. The lowest BCUT2D eigenvalue weighted by atomic mass is 9.71. The molecule has 194 valence electrons. The van der Waals surface area contributed by atoms with Crippen LogP contribution in [-0.4, -0.2) is 75.0 Å². The summed E-state index contributed by atoms with van der Waals surface area (Å²) in [4.78, 5) is 44.6. The van der Waals surface area contributed by atoms with Crippen molar-refractivity contribution in [3.63, 3.8) is 0 Å². The number of carbonyl (C=O) groups excluding carboxylic acids is 3. The highest BCUT2D eigenvalue weighted by molar-refractivity contribution is 9.09. The van der Waals surface area contributed by atoms with E-state index in [1.54, 1.807) is 21.9 Å². The molecule has 10 heteroatoms. The lowest BCUT2D eigenvalue weighted by molar-refractivity contribution is -0.153. The third kappa shape index (κ3) is 4.31. The Morgan fingerprint density at radius 3 is 2.78 bits per heavy atom. The molecule has 2 bridgehead atoms. The van der Waals surface area contributed by atoms with Gasteiger partial charge in [-0.05, 0) is 31.4 Å². The second kappa shape index (κ2) is 10.9. The van der Waals surface area contributed by atoms with E-state index in [1.165, 1.54) is 17.8 Å². The van der Waals surface area contributed by atoms with Gasteiger partial charge in [-0.15, -0.1) is 18.3 Å². The highest BCUT2D eigenvalue weighted by Crippen LogP contribution is 2.68. The summed E-state index contributed by atoms with van der Waals surface area (Å²) >= 11 is 11.8. The largest absolute Gasteiger partial charge is 0.461 e. The quantitative estimate of drug-likeness (QED) is 0.251. The van der Waals surface area contributed by atoms with Crippen LogP contribution in [-0.2, 0) is 19.1 Å². The molecule has 1 aromatic rings. The van der Waals surface area contributed by atoms with E-state index in [2.05, 4.69) is 29.1 Å². The van der Waals surface area contributed by atoms with Crippen LogP contribution in [0, 0.1) is 18.8 Å². The lowest BCUT2D eigenvalue weighted by Gasteiger charge is -2.38. The summed E-state index contributed by atoms with van der Waals surface area (Å²) in [5.41, 5.74) is 1.40. The van der Waals surface area contributed by atoms with Gasteiger partial charge < -0.3 is 19.6 Å². The van der Waals surface area contributed by atoms with Crippen molar-refractivity contribution < 1.29 is 24.2 Å². The SMILES string of the molecule is C=CCOC(=O)[C@H]1[C@H]2C(=O)N(CCCO)C(C(=O)N(CC=C)c3c(C)cccc3Cl)C23CC(Br)[C@@H]1S3. The highest BCUT2D eigenvalue weighted by Gasteiger charge is 2.76. The molecule has 0 radical (unpaired) electrons. The summed E-state index contributed by atoms with van der Waals surface area (Å²) in [5, 5.41) is 9.77. The molecule has 3 aliphatic heterocycles. The van der Waals surface area contributed by atoms with E-state index in [0.717, 1.165) is 5.56 Å². The van der Waals surface area contributed by atoms with Crippen molar-refractivity contribution in [2.45, 2.75) is 40.6 Å². The van der Waals surface area contributed by atoms with Crippen LogP contribution in [0.3, 0.4) is 0 Å². The Hall–Kier alpha value is -1.81. The second-order valence-electron chi connectivity index (χ2n) is 9.33. The number of thioether (sulfide) groups is 1. The number of aliphatic hydroxyl groups is 1. The predicted molar refractivity (Wildman–Crippen MR) is 146 cm³/mol. The number of benzene rings is 1. The first-order chi connectivity index (χ1) is 17.2. The standard InChI is InChI=1S/C26H30BrClN2O5S/c1-4-10-29(20-15(3)8-6-9-17(20)28)24(33)22-26-14-16(27)21(36-26)18(25(34)35-13-5-2)19(26)23(32)30(22)11-7-12-31/h4-6,8-9,16,18-19,21-22,31H,1-2,7,10-14H2,3H3/t16?,18-,19-,21-,22?,26?/m0/s1. The van der Waals surface area contributed by atoms with Crippen LogP contribution in [0.5, 0.6) is 0 Å². The Labute approximate surface area is 229 Å². The number of esters is 1. The lowest BCUT2D eigenvalue weighted by Crippen LogP contribution is -2.56. The smallest absolute Gasteiger partial charge is 0.311 e. The van der Waals surface area contributed by atoms with Crippen LogP contribution in [0.2, 0.25) is 5.02 Å². The summed E-state index contributed by atoms with van der Waals surface area (Å²) < 4.78 is 4.59. The first kappa shape index (κ1) is 27.2. The van der Waals surface area contributed by atoms with Gasteiger partial charge in [-0.25, -0.2) is 0 Å². The van der Waals surface area contributed by atoms with E-state index >= 15 is 0 Å². The number of rotatable bonds is 10. The zero-order valence-corrected chi connectivity index (χ0v) is 23.2. The zero-order chi connectivity index (χ0) is 26.2. The van der Waals surface area contributed by atoms with Gasteiger partial charge in [0.25, 0.3) is 5.91 Å². The number of halogens is 2. The second-order valence-corrected chi connectivity index (χ2v) is 12.5. The highest BCUT2D eigenvalue weighted by atomic mass is 79.9. The topological polar surface area (TPSA) is 87.1 Å². The van der Waals surface area contributed by atoms with Gasteiger partial charge in [0.2, 0.25) is 5.91 Å². The van der Waals surface area contributed by atoms with Crippen molar-refractivity contribution in [1.29, 1.82) is 0 Å². The monoisotopic (exact) mass is 596 g/mol. The molecule has 0 aliphatic carbocycles. The van der Waals surface area contributed by atoms with Crippen molar-refractivity contribution in [1.82, 2.24) is 4.90 Å². The molecule has 3 unspecified atom stereocenters. The molecule has 6 atom stereocenters. The fraction of sp³-hybridized carbons (Fsp3) is 0.500. The van der Waals surface area contributed by atoms with Gasteiger partial charge >= 0.3 is 5.97 Å². The van der Waals surface area contributed by atoms with Crippen LogP contribution in [0.25, 0.3) is 0 Å². The van der Waals surface area contributed by atoms with Gasteiger partial charge in [0.15, 0.2) is 0 Å². The molecule has 3 heterocycles.